The predicted molar refractivity (Wildman–Crippen MR) is 55.1 cm³/mol. The molecule has 0 aromatic carbocycles. The molecule has 0 unspecified atom stereocenters. The van der Waals surface area contributed by atoms with Crippen LogP contribution in [0.3, 0.4) is 0 Å². The smallest absolute Gasteiger partial charge is 0.187 e. The lowest BCUT2D eigenvalue weighted by Gasteiger charge is -2.16. The summed E-state index contributed by atoms with van der Waals surface area (Å²) in [5, 5.41) is 0.146. The first-order valence-electron chi connectivity index (χ1n) is 3.78. The number of thioether (sulfide) groups is 1. The van der Waals surface area contributed by atoms with Gasteiger partial charge in [-0.25, -0.2) is 0 Å². The lowest BCUT2D eigenvalue weighted by Crippen LogP contribution is -2.23. The number of carbonyl (C=O) groups is 1. The molecule has 0 spiro atoms. The minimum absolute atomic E-state index is 0.146. The van der Waals surface area contributed by atoms with Crippen molar-refractivity contribution in [2.24, 2.45) is 0 Å². The Balaban J connectivity index is 3.68. The van der Waals surface area contributed by atoms with Crippen molar-refractivity contribution in [1.29, 1.82) is 0 Å². The SMILES string of the molecule is C=CCN(CC=C)CSC(C)=O. The Hall–Kier alpha value is -0.540. The van der Waals surface area contributed by atoms with E-state index in [0.717, 1.165) is 13.1 Å². The van der Waals surface area contributed by atoms with Gasteiger partial charge in [0.1, 0.15) is 0 Å². The van der Waals surface area contributed by atoms with Gasteiger partial charge < -0.3 is 0 Å². The third-order valence-corrected chi connectivity index (χ3v) is 2.13. The molecule has 0 N–H and O–H groups in total. The average molecular weight is 185 g/mol. The van der Waals surface area contributed by atoms with E-state index in [1.807, 2.05) is 12.2 Å². The lowest BCUT2D eigenvalue weighted by atomic mass is 10.5. The van der Waals surface area contributed by atoms with Crippen LogP contribution < -0.4 is 0 Å². The molecule has 2 nitrogen and oxygen atoms in total. The summed E-state index contributed by atoms with van der Waals surface area (Å²) in [6.45, 7) is 10.4. The summed E-state index contributed by atoms with van der Waals surface area (Å²) in [6.07, 6.45) is 3.65. The largest absolute Gasteiger partial charge is 0.288 e. The Morgan fingerprint density at radius 2 is 1.92 bits per heavy atom. The van der Waals surface area contributed by atoms with Gasteiger partial charge in [-0.2, -0.15) is 0 Å². The fourth-order valence-electron chi connectivity index (χ4n) is 0.727. The molecule has 0 atom stereocenters. The number of hydrogen-bond donors (Lipinski definition) is 0. The molecule has 0 radical (unpaired) electrons. The highest BCUT2D eigenvalue weighted by atomic mass is 32.2. The summed E-state index contributed by atoms with van der Waals surface area (Å²) in [5.41, 5.74) is 0. The zero-order chi connectivity index (χ0) is 9.40. The van der Waals surface area contributed by atoms with Crippen molar-refractivity contribution >= 4 is 16.9 Å². The predicted octanol–water partition coefficient (Wildman–Crippen LogP) is 1.90. The molecule has 3 heteroatoms. The van der Waals surface area contributed by atoms with Crippen molar-refractivity contribution in [2.75, 3.05) is 19.0 Å². The van der Waals surface area contributed by atoms with Gasteiger partial charge in [-0.05, 0) is 0 Å². The quantitative estimate of drug-likeness (QED) is 0.465. The molecule has 12 heavy (non-hydrogen) atoms. The number of nitrogens with zero attached hydrogens (tertiary/aromatic N) is 1. The van der Waals surface area contributed by atoms with Crippen LogP contribution in [-0.2, 0) is 4.79 Å². The minimum Gasteiger partial charge on any atom is -0.288 e. The fraction of sp³-hybridized carbons (Fsp3) is 0.444. The van der Waals surface area contributed by atoms with Gasteiger partial charge in [-0.3, -0.25) is 9.69 Å². The highest BCUT2D eigenvalue weighted by Crippen LogP contribution is 2.04. The molecule has 0 aromatic heterocycles. The first-order valence-corrected chi connectivity index (χ1v) is 4.76. The second-order valence-electron chi connectivity index (χ2n) is 2.38. The maximum Gasteiger partial charge on any atom is 0.187 e. The van der Waals surface area contributed by atoms with Gasteiger partial charge in [0.2, 0.25) is 0 Å². The van der Waals surface area contributed by atoms with E-state index >= 15 is 0 Å². The van der Waals surface area contributed by atoms with E-state index in [0.29, 0.717) is 5.88 Å². The average Bonchev–Trinajstić information content (AvgIpc) is 2.01. The van der Waals surface area contributed by atoms with Crippen LogP contribution in [0.15, 0.2) is 25.3 Å². The van der Waals surface area contributed by atoms with Crippen molar-refractivity contribution in [3.63, 3.8) is 0 Å². The molecule has 0 aliphatic rings. The summed E-state index contributed by atoms with van der Waals surface area (Å²) in [6, 6.07) is 0. The Kier molecular flexibility index (Phi) is 6.81. The van der Waals surface area contributed by atoms with Crippen molar-refractivity contribution in [2.45, 2.75) is 6.92 Å². The maximum absolute atomic E-state index is 10.6. The van der Waals surface area contributed by atoms with Gasteiger partial charge in [0.15, 0.2) is 5.12 Å². The first-order chi connectivity index (χ1) is 5.70. The molecular weight excluding hydrogens is 170 g/mol. The summed E-state index contributed by atoms with van der Waals surface area (Å²) >= 11 is 1.31. The van der Waals surface area contributed by atoms with Gasteiger partial charge in [-0.1, -0.05) is 23.9 Å². The second-order valence-corrected chi connectivity index (χ2v) is 3.50. The first kappa shape index (κ1) is 11.5. The topological polar surface area (TPSA) is 20.3 Å². The van der Waals surface area contributed by atoms with Crippen LogP contribution in [0.25, 0.3) is 0 Å². The van der Waals surface area contributed by atoms with Crippen LogP contribution in [0, 0.1) is 0 Å². The highest BCUT2D eigenvalue weighted by Gasteiger charge is 2.01. The Bertz CT molecular complexity index is 158. The van der Waals surface area contributed by atoms with Crippen LogP contribution in [0.4, 0.5) is 0 Å². The summed E-state index contributed by atoms with van der Waals surface area (Å²) in [5.74, 6) is 0.716. The molecule has 0 aliphatic carbocycles. The van der Waals surface area contributed by atoms with E-state index in [4.69, 9.17) is 0 Å². The van der Waals surface area contributed by atoms with Crippen molar-refractivity contribution in [3.8, 4) is 0 Å². The summed E-state index contributed by atoms with van der Waals surface area (Å²) in [4.78, 5) is 12.7. The van der Waals surface area contributed by atoms with E-state index in [1.54, 1.807) is 6.92 Å². The summed E-state index contributed by atoms with van der Waals surface area (Å²) < 4.78 is 0. The molecule has 0 rings (SSSR count). The van der Waals surface area contributed by atoms with E-state index in [-0.39, 0.29) is 5.12 Å². The lowest BCUT2D eigenvalue weighted by molar-refractivity contribution is -0.109. The van der Waals surface area contributed by atoms with E-state index in [9.17, 15) is 4.79 Å². The molecule has 0 bridgehead atoms. The normalized spacial score (nSPS) is 9.83. The Morgan fingerprint density at radius 1 is 1.42 bits per heavy atom. The monoisotopic (exact) mass is 185 g/mol. The number of rotatable bonds is 6. The van der Waals surface area contributed by atoms with Crippen LogP contribution in [0.2, 0.25) is 0 Å². The van der Waals surface area contributed by atoms with Crippen LogP contribution >= 0.6 is 11.8 Å². The van der Waals surface area contributed by atoms with Gasteiger partial charge >= 0.3 is 0 Å². The summed E-state index contributed by atoms with van der Waals surface area (Å²) in [7, 11) is 0. The Morgan fingerprint density at radius 3 is 2.25 bits per heavy atom. The van der Waals surface area contributed by atoms with Crippen molar-refractivity contribution < 1.29 is 4.79 Å². The van der Waals surface area contributed by atoms with Crippen molar-refractivity contribution in [3.05, 3.63) is 25.3 Å². The minimum atomic E-state index is 0.146. The van der Waals surface area contributed by atoms with Gasteiger partial charge in [0, 0.05) is 20.0 Å². The molecular formula is C9H15NOS. The van der Waals surface area contributed by atoms with Crippen LogP contribution in [0.1, 0.15) is 6.92 Å². The zero-order valence-electron chi connectivity index (χ0n) is 7.45. The zero-order valence-corrected chi connectivity index (χ0v) is 8.27. The molecule has 0 heterocycles. The molecule has 0 amide bonds. The molecule has 0 aliphatic heterocycles. The third-order valence-electron chi connectivity index (χ3n) is 1.22. The number of carbonyl (C=O) groups excluding carboxylic acids is 1. The number of hydrogen-bond acceptors (Lipinski definition) is 3. The van der Waals surface area contributed by atoms with Gasteiger partial charge in [0.25, 0.3) is 0 Å². The van der Waals surface area contributed by atoms with E-state index < -0.39 is 0 Å². The standard InChI is InChI=1S/C9H15NOS/c1-4-6-10(7-5-2)8-12-9(3)11/h4-5H,1-2,6-8H2,3H3. The second kappa shape index (κ2) is 7.13. The molecule has 0 saturated heterocycles. The highest BCUT2D eigenvalue weighted by molar-refractivity contribution is 8.13. The fourth-order valence-corrected chi connectivity index (χ4v) is 1.30. The van der Waals surface area contributed by atoms with Crippen LogP contribution in [0.5, 0.6) is 0 Å². The van der Waals surface area contributed by atoms with Gasteiger partial charge in [0.05, 0.1) is 5.88 Å². The van der Waals surface area contributed by atoms with E-state index in [1.165, 1.54) is 11.8 Å². The maximum atomic E-state index is 10.6. The van der Waals surface area contributed by atoms with Gasteiger partial charge in [-0.15, -0.1) is 13.2 Å². The molecule has 68 valence electrons. The third kappa shape index (κ3) is 6.19. The van der Waals surface area contributed by atoms with Crippen molar-refractivity contribution in [1.82, 2.24) is 4.90 Å². The van der Waals surface area contributed by atoms with E-state index in [2.05, 4.69) is 18.1 Å². The Labute approximate surface area is 78.3 Å². The molecule has 0 aromatic rings. The molecule has 0 fully saturated rings. The van der Waals surface area contributed by atoms with Crippen LogP contribution in [-0.4, -0.2) is 29.0 Å². The molecule has 0 saturated carbocycles.